The average Bonchev–Trinajstić information content (AvgIpc) is 3.21. The van der Waals surface area contributed by atoms with Crippen LogP contribution in [0.3, 0.4) is 0 Å². The van der Waals surface area contributed by atoms with Crippen molar-refractivity contribution in [2.45, 2.75) is 32.7 Å². The maximum atomic E-state index is 12.4. The lowest BCUT2D eigenvalue weighted by atomic mass is 10.1. The van der Waals surface area contributed by atoms with Gasteiger partial charge < -0.3 is 14.9 Å². The van der Waals surface area contributed by atoms with Crippen LogP contribution in [0.2, 0.25) is 0 Å². The van der Waals surface area contributed by atoms with E-state index in [9.17, 15) is 14.7 Å². The number of hydrogen-bond donors (Lipinski definition) is 2. The summed E-state index contributed by atoms with van der Waals surface area (Å²) in [4.78, 5) is 23.9. The number of anilines is 1. The Hall–Kier alpha value is -3.16. The first-order valence-electron chi connectivity index (χ1n) is 8.32. The minimum absolute atomic E-state index is 0.0569. The molecule has 2 heterocycles. The topological polar surface area (TPSA) is 108 Å². The summed E-state index contributed by atoms with van der Waals surface area (Å²) in [6.07, 6.45) is 0.645. The Morgan fingerprint density at radius 2 is 2.04 bits per heavy atom. The molecule has 0 bridgehead atoms. The number of nitrogens with one attached hydrogen (secondary N) is 1. The fraction of sp³-hybridized carbons (Fsp3) is 0.333. The first-order valence-corrected chi connectivity index (χ1v) is 8.32. The number of aliphatic carboxylic acids is 1. The van der Waals surface area contributed by atoms with Gasteiger partial charge in [0.05, 0.1) is 11.4 Å². The third-order valence-electron chi connectivity index (χ3n) is 4.32. The van der Waals surface area contributed by atoms with Crippen LogP contribution >= 0.6 is 0 Å². The van der Waals surface area contributed by atoms with E-state index in [1.807, 2.05) is 19.9 Å². The normalized spacial score (nSPS) is 16.5. The molecule has 1 amide bonds. The zero-order valence-corrected chi connectivity index (χ0v) is 14.6. The van der Waals surface area contributed by atoms with Crippen LogP contribution in [0.5, 0.6) is 0 Å². The van der Waals surface area contributed by atoms with Gasteiger partial charge in [0.25, 0.3) is 5.91 Å². The van der Waals surface area contributed by atoms with E-state index in [-0.39, 0.29) is 18.0 Å². The summed E-state index contributed by atoms with van der Waals surface area (Å²) in [6.45, 7) is 4.07. The van der Waals surface area contributed by atoms with E-state index < -0.39 is 12.0 Å². The van der Waals surface area contributed by atoms with E-state index in [0.29, 0.717) is 18.7 Å². The predicted molar refractivity (Wildman–Crippen MR) is 95.1 cm³/mol. The van der Waals surface area contributed by atoms with Crippen LogP contribution in [0, 0.1) is 13.8 Å². The van der Waals surface area contributed by atoms with E-state index in [0.717, 1.165) is 17.0 Å². The molecule has 1 aliphatic rings. The molecule has 26 heavy (non-hydrogen) atoms. The number of para-hydroxylation sites is 1. The highest BCUT2D eigenvalue weighted by molar-refractivity contribution is 6.40. The van der Waals surface area contributed by atoms with Crippen molar-refractivity contribution in [2.24, 2.45) is 5.10 Å². The van der Waals surface area contributed by atoms with Gasteiger partial charge in [-0.1, -0.05) is 23.4 Å². The van der Waals surface area contributed by atoms with Crippen molar-refractivity contribution in [1.29, 1.82) is 0 Å². The highest BCUT2D eigenvalue weighted by Crippen LogP contribution is 2.24. The van der Waals surface area contributed by atoms with Crippen molar-refractivity contribution >= 4 is 23.3 Å². The number of carbonyl (C=O) groups is 2. The molecule has 1 unspecified atom stereocenters. The summed E-state index contributed by atoms with van der Waals surface area (Å²) in [5, 5.41) is 21.7. The number of hydrogen-bond acceptors (Lipinski definition) is 6. The Morgan fingerprint density at radius 1 is 1.31 bits per heavy atom. The van der Waals surface area contributed by atoms with Gasteiger partial charge in [0, 0.05) is 18.5 Å². The van der Waals surface area contributed by atoms with Gasteiger partial charge in [-0.15, -0.1) is 0 Å². The molecule has 136 valence electrons. The van der Waals surface area contributed by atoms with Crippen LogP contribution in [0.1, 0.15) is 23.4 Å². The standard InChI is InChI=1S/C18H20N4O4/c1-11-14(12(2)26-21-11)8-9-19-17(23)15-10-16(18(24)25)22(20-15)13-6-4-3-5-7-13/h3-7,16H,8-10H2,1-2H3,(H,19,23)(H,24,25). The molecule has 2 aromatic rings. The SMILES string of the molecule is Cc1noc(C)c1CCNC(=O)C1=NN(c2ccccc2)C(C(=O)O)C1. The molecule has 0 spiro atoms. The van der Waals surface area contributed by atoms with Gasteiger partial charge in [0.15, 0.2) is 6.04 Å². The van der Waals surface area contributed by atoms with Crippen LogP contribution in [0.15, 0.2) is 40.0 Å². The van der Waals surface area contributed by atoms with Crippen molar-refractivity contribution < 1.29 is 19.2 Å². The Balaban J connectivity index is 1.66. The molecule has 1 aromatic carbocycles. The van der Waals surface area contributed by atoms with E-state index in [1.165, 1.54) is 5.01 Å². The van der Waals surface area contributed by atoms with Crippen molar-refractivity contribution in [2.75, 3.05) is 11.6 Å². The number of amides is 1. The molecule has 1 aromatic heterocycles. The van der Waals surface area contributed by atoms with Crippen molar-refractivity contribution in [3.63, 3.8) is 0 Å². The highest BCUT2D eigenvalue weighted by Gasteiger charge is 2.36. The summed E-state index contributed by atoms with van der Waals surface area (Å²) in [5.74, 6) is -0.645. The number of carboxylic acid groups (broad SMARTS) is 1. The predicted octanol–water partition coefficient (Wildman–Crippen LogP) is 1.67. The molecular weight excluding hydrogens is 336 g/mol. The van der Waals surface area contributed by atoms with Crippen molar-refractivity contribution in [3.05, 3.63) is 47.3 Å². The quantitative estimate of drug-likeness (QED) is 0.815. The van der Waals surface area contributed by atoms with Crippen molar-refractivity contribution in [1.82, 2.24) is 10.5 Å². The van der Waals surface area contributed by atoms with E-state index >= 15 is 0 Å². The number of benzene rings is 1. The second-order valence-corrected chi connectivity index (χ2v) is 6.09. The summed E-state index contributed by atoms with van der Waals surface area (Å²) in [7, 11) is 0. The third-order valence-corrected chi connectivity index (χ3v) is 4.32. The highest BCUT2D eigenvalue weighted by atomic mass is 16.5. The molecular formula is C18H20N4O4. The van der Waals surface area contributed by atoms with Gasteiger partial charge in [-0.05, 0) is 32.4 Å². The summed E-state index contributed by atoms with van der Waals surface area (Å²) < 4.78 is 5.10. The number of carbonyl (C=O) groups excluding carboxylic acids is 1. The fourth-order valence-corrected chi connectivity index (χ4v) is 2.92. The van der Waals surface area contributed by atoms with Crippen LogP contribution in [-0.4, -0.2) is 40.4 Å². The molecule has 0 aliphatic carbocycles. The number of aryl methyl sites for hydroxylation is 2. The molecule has 0 radical (unpaired) electrons. The van der Waals surface area contributed by atoms with E-state index in [4.69, 9.17) is 4.52 Å². The second kappa shape index (κ2) is 7.38. The Kier molecular flexibility index (Phi) is 5.01. The maximum Gasteiger partial charge on any atom is 0.328 e. The number of hydrazone groups is 1. The number of aromatic nitrogens is 1. The Morgan fingerprint density at radius 3 is 2.65 bits per heavy atom. The maximum absolute atomic E-state index is 12.4. The summed E-state index contributed by atoms with van der Waals surface area (Å²) in [6, 6.07) is 8.06. The van der Waals surface area contributed by atoms with Crippen LogP contribution < -0.4 is 10.3 Å². The largest absolute Gasteiger partial charge is 0.480 e. The molecule has 2 N–H and O–H groups in total. The number of rotatable bonds is 6. The lowest BCUT2D eigenvalue weighted by Gasteiger charge is -2.19. The zero-order valence-electron chi connectivity index (χ0n) is 14.6. The average molecular weight is 356 g/mol. The van der Waals surface area contributed by atoms with E-state index in [2.05, 4.69) is 15.6 Å². The fourth-order valence-electron chi connectivity index (χ4n) is 2.92. The zero-order chi connectivity index (χ0) is 18.7. The molecule has 1 aliphatic heterocycles. The molecule has 1 atom stereocenters. The number of nitrogens with zero attached hydrogens (tertiary/aromatic N) is 3. The first kappa shape index (κ1) is 17.7. The Labute approximate surface area is 150 Å². The van der Waals surface area contributed by atoms with Gasteiger partial charge in [-0.3, -0.25) is 9.80 Å². The lowest BCUT2D eigenvalue weighted by molar-refractivity contribution is -0.138. The molecule has 0 fully saturated rings. The third kappa shape index (κ3) is 3.58. The van der Waals surface area contributed by atoms with Gasteiger partial charge in [-0.2, -0.15) is 5.10 Å². The van der Waals surface area contributed by atoms with Gasteiger partial charge in [0.1, 0.15) is 11.5 Å². The van der Waals surface area contributed by atoms with Crippen molar-refractivity contribution in [3.8, 4) is 0 Å². The van der Waals surface area contributed by atoms with Crippen LogP contribution in [0.25, 0.3) is 0 Å². The summed E-state index contributed by atoms with van der Waals surface area (Å²) in [5.41, 5.74) is 2.61. The number of carboxylic acids is 1. The van der Waals surface area contributed by atoms with Crippen LogP contribution in [-0.2, 0) is 16.0 Å². The lowest BCUT2D eigenvalue weighted by Crippen LogP contribution is -2.35. The minimum atomic E-state index is -1.02. The molecule has 0 saturated heterocycles. The molecule has 3 rings (SSSR count). The second-order valence-electron chi connectivity index (χ2n) is 6.09. The van der Waals surface area contributed by atoms with Gasteiger partial charge >= 0.3 is 5.97 Å². The van der Waals surface area contributed by atoms with E-state index in [1.54, 1.807) is 24.3 Å². The molecule has 8 heteroatoms. The molecule has 8 nitrogen and oxygen atoms in total. The smallest absolute Gasteiger partial charge is 0.328 e. The summed E-state index contributed by atoms with van der Waals surface area (Å²) >= 11 is 0. The first-order chi connectivity index (χ1) is 12.5. The van der Waals surface area contributed by atoms with Crippen LogP contribution in [0.4, 0.5) is 5.69 Å². The minimum Gasteiger partial charge on any atom is -0.480 e. The van der Waals surface area contributed by atoms with Gasteiger partial charge in [0.2, 0.25) is 0 Å². The Bertz CT molecular complexity index is 825. The monoisotopic (exact) mass is 356 g/mol. The molecule has 0 saturated carbocycles. The van der Waals surface area contributed by atoms with Gasteiger partial charge in [-0.25, -0.2) is 4.79 Å².